The van der Waals surface area contributed by atoms with Crippen molar-refractivity contribution in [2.75, 3.05) is 11.9 Å². The Morgan fingerprint density at radius 3 is 2.75 bits per heavy atom. The van der Waals surface area contributed by atoms with Gasteiger partial charge >= 0.3 is 6.03 Å². The number of hydrogen-bond acceptors (Lipinski definition) is 2. The van der Waals surface area contributed by atoms with Crippen molar-refractivity contribution in [1.29, 1.82) is 0 Å². The highest BCUT2D eigenvalue weighted by Gasteiger charge is 2.25. The van der Waals surface area contributed by atoms with Gasteiger partial charge < -0.3 is 15.7 Å². The van der Waals surface area contributed by atoms with Crippen LogP contribution in [0, 0.1) is 17.6 Å². The summed E-state index contributed by atoms with van der Waals surface area (Å²) in [6.07, 6.45) is 3.70. The number of aliphatic hydroxyl groups excluding tert-OH is 1. The third-order valence-corrected chi connectivity index (χ3v) is 3.64. The second kappa shape index (κ2) is 6.65. The summed E-state index contributed by atoms with van der Waals surface area (Å²) in [7, 11) is 0. The van der Waals surface area contributed by atoms with Crippen LogP contribution in [0.4, 0.5) is 19.3 Å². The zero-order chi connectivity index (χ0) is 14.5. The summed E-state index contributed by atoms with van der Waals surface area (Å²) in [5.74, 6) is -1.48. The maximum Gasteiger partial charge on any atom is 0.319 e. The molecular weight excluding hydrogens is 266 g/mol. The van der Waals surface area contributed by atoms with Crippen molar-refractivity contribution in [3.63, 3.8) is 0 Å². The molecule has 1 aliphatic rings. The van der Waals surface area contributed by atoms with E-state index in [1.54, 1.807) is 0 Å². The van der Waals surface area contributed by atoms with Gasteiger partial charge in [0.25, 0.3) is 0 Å². The molecule has 0 unspecified atom stereocenters. The van der Waals surface area contributed by atoms with E-state index in [0.29, 0.717) is 6.07 Å². The summed E-state index contributed by atoms with van der Waals surface area (Å²) in [6.45, 7) is 0.0237. The second-order valence-corrected chi connectivity index (χ2v) is 5.06. The lowest BCUT2D eigenvalue weighted by Crippen LogP contribution is -2.45. The molecule has 0 saturated heterocycles. The Bertz CT molecular complexity index is 482. The standard InChI is InChI=1S/C14H18F2N2O2/c15-10-5-6-13(11(16)7-10)18-14(20)17-12-4-2-1-3-9(12)8-19/h5-7,9,12,19H,1-4,8H2,(H2,17,18,20)/t9-,12-/m0/s1. The Kier molecular flexibility index (Phi) is 4.89. The molecule has 1 aromatic rings. The van der Waals surface area contributed by atoms with Crippen molar-refractivity contribution in [3.05, 3.63) is 29.8 Å². The number of urea groups is 1. The van der Waals surface area contributed by atoms with Crippen molar-refractivity contribution in [1.82, 2.24) is 5.32 Å². The van der Waals surface area contributed by atoms with Crippen molar-refractivity contribution in [2.45, 2.75) is 31.7 Å². The van der Waals surface area contributed by atoms with Crippen molar-refractivity contribution >= 4 is 11.7 Å². The van der Waals surface area contributed by atoms with Gasteiger partial charge in [0, 0.05) is 24.6 Å². The van der Waals surface area contributed by atoms with Gasteiger partial charge in [-0.2, -0.15) is 0 Å². The van der Waals surface area contributed by atoms with Gasteiger partial charge in [0.15, 0.2) is 0 Å². The van der Waals surface area contributed by atoms with Crippen molar-refractivity contribution in [3.8, 4) is 0 Å². The van der Waals surface area contributed by atoms with Gasteiger partial charge in [-0.25, -0.2) is 13.6 Å². The van der Waals surface area contributed by atoms with Crippen LogP contribution in [0.5, 0.6) is 0 Å². The molecule has 0 aromatic heterocycles. The molecule has 3 N–H and O–H groups in total. The third-order valence-electron chi connectivity index (χ3n) is 3.64. The molecule has 110 valence electrons. The summed E-state index contributed by atoms with van der Waals surface area (Å²) in [5, 5.41) is 14.4. The Hall–Kier alpha value is -1.69. The summed E-state index contributed by atoms with van der Waals surface area (Å²) >= 11 is 0. The molecule has 0 heterocycles. The number of rotatable bonds is 3. The molecule has 4 nitrogen and oxygen atoms in total. The van der Waals surface area contributed by atoms with Gasteiger partial charge in [-0.1, -0.05) is 12.8 Å². The Balaban J connectivity index is 1.94. The van der Waals surface area contributed by atoms with Crippen molar-refractivity contribution in [2.24, 2.45) is 5.92 Å². The summed E-state index contributed by atoms with van der Waals surface area (Å²) in [6, 6.07) is 2.31. The van der Waals surface area contributed by atoms with Crippen LogP contribution >= 0.6 is 0 Å². The molecule has 1 aromatic carbocycles. The minimum absolute atomic E-state index is 0.0237. The van der Waals surface area contributed by atoms with Gasteiger partial charge in [0.2, 0.25) is 0 Å². The molecule has 1 aliphatic carbocycles. The highest BCUT2D eigenvalue weighted by molar-refractivity contribution is 5.89. The molecular formula is C14H18F2N2O2. The van der Waals surface area contributed by atoms with Crippen LogP contribution in [0.2, 0.25) is 0 Å². The molecule has 0 radical (unpaired) electrons. The fourth-order valence-electron chi connectivity index (χ4n) is 2.53. The number of halogens is 2. The highest BCUT2D eigenvalue weighted by atomic mass is 19.1. The van der Waals surface area contributed by atoms with Gasteiger partial charge in [-0.05, 0) is 25.0 Å². The molecule has 1 fully saturated rings. The van der Waals surface area contributed by atoms with E-state index in [1.807, 2.05) is 0 Å². The number of carbonyl (C=O) groups excluding carboxylic acids is 1. The largest absolute Gasteiger partial charge is 0.396 e. The molecule has 2 rings (SSSR count). The van der Waals surface area contributed by atoms with E-state index < -0.39 is 17.7 Å². The monoisotopic (exact) mass is 284 g/mol. The first kappa shape index (κ1) is 14.7. The molecule has 2 amide bonds. The third kappa shape index (κ3) is 3.66. The number of carbonyl (C=O) groups is 1. The number of aliphatic hydroxyl groups is 1. The second-order valence-electron chi connectivity index (χ2n) is 5.06. The van der Waals surface area contributed by atoms with Crippen LogP contribution in [-0.2, 0) is 0 Å². The summed E-state index contributed by atoms with van der Waals surface area (Å²) in [4.78, 5) is 11.8. The lowest BCUT2D eigenvalue weighted by atomic mass is 9.85. The Labute approximate surface area is 116 Å². The molecule has 0 spiro atoms. The van der Waals surface area contributed by atoms with Crippen LogP contribution in [0.1, 0.15) is 25.7 Å². The van der Waals surface area contributed by atoms with E-state index in [2.05, 4.69) is 10.6 Å². The predicted molar refractivity (Wildman–Crippen MR) is 71.3 cm³/mol. The lowest BCUT2D eigenvalue weighted by Gasteiger charge is -2.30. The lowest BCUT2D eigenvalue weighted by molar-refractivity contribution is 0.156. The molecule has 20 heavy (non-hydrogen) atoms. The fraction of sp³-hybridized carbons (Fsp3) is 0.500. The van der Waals surface area contributed by atoms with E-state index >= 15 is 0 Å². The summed E-state index contributed by atoms with van der Waals surface area (Å²) < 4.78 is 26.2. The molecule has 0 aliphatic heterocycles. The van der Waals surface area contributed by atoms with Crippen molar-refractivity contribution < 1.29 is 18.7 Å². The number of benzene rings is 1. The number of anilines is 1. The van der Waals surface area contributed by atoms with Crippen LogP contribution in [0.3, 0.4) is 0 Å². The van der Waals surface area contributed by atoms with Crippen LogP contribution in [0.25, 0.3) is 0 Å². The maximum atomic E-state index is 13.4. The van der Waals surface area contributed by atoms with E-state index in [0.717, 1.165) is 31.7 Å². The van der Waals surface area contributed by atoms with Crippen LogP contribution in [0.15, 0.2) is 18.2 Å². The minimum atomic E-state index is -0.817. The van der Waals surface area contributed by atoms with Gasteiger partial charge in [0.1, 0.15) is 11.6 Å². The first-order valence-corrected chi connectivity index (χ1v) is 6.73. The van der Waals surface area contributed by atoms with E-state index in [9.17, 15) is 18.7 Å². The fourth-order valence-corrected chi connectivity index (χ4v) is 2.53. The average Bonchev–Trinajstić information content (AvgIpc) is 2.42. The zero-order valence-corrected chi connectivity index (χ0v) is 11.0. The van der Waals surface area contributed by atoms with Crippen LogP contribution < -0.4 is 10.6 Å². The molecule has 1 saturated carbocycles. The smallest absolute Gasteiger partial charge is 0.319 e. The van der Waals surface area contributed by atoms with E-state index in [1.165, 1.54) is 6.07 Å². The average molecular weight is 284 g/mol. The molecule has 6 heteroatoms. The van der Waals surface area contributed by atoms with Gasteiger partial charge in [0.05, 0.1) is 5.69 Å². The SMILES string of the molecule is O=C(Nc1ccc(F)cc1F)N[C@H]1CCCC[C@H]1CO. The zero-order valence-electron chi connectivity index (χ0n) is 11.0. The quantitative estimate of drug-likeness (QED) is 0.799. The van der Waals surface area contributed by atoms with E-state index in [4.69, 9.17) is 0 Å². The van der Waals surface area contributed by atoms with E-state index in [-0.39, 0.29) is 24.3 Å². The minimum Gasteiger partial charge on any atom is -0.396 e. The molecule has 2 atom stereocenters. The van der Waals surface area contributed by atoms with Gasteiger partial charge in [-0.15, -0.1) is 0 Å². The highest BCUT2D eigenvalue weighted by Crippen LogP contribution is 2.24. The topological polar surface area (TPSA) is 61.4 Å². The maximum absolute atomic E-state index is 13.4. The van der Waals surface area contributed by atoms with Gasteiger partial charge in [-0.3, -0.25) is 0 Å². The summed E-state index contributed by atoms with van der Waals surface area (Å²) in [5.41, 5.74) is -0.0692. The number of hydrogen-bond donors (Lipinski definition) is 3. The molecule has 0 bridgehead atoms. The Morgan fingerprint density at radius 1 is 1.30 bits per heavy atom. The van der Waals surface area contributed by atoms with Crippen LogP contribution in [-0.4, -0.2) is 23.8 Å². The first-order valence-electron chi connectivity index (χ1n) is 6.73. The predicted octanol–water partition coefficient (Wildman–Crippen LogP) is 2.64. The normalized spacial score (nSPS) is 22.4. The Morgan fingerprint density at radius 2 is 2.05 bits per heavy atom. The number of nitrogens with one attached hydrogen (secondary N) is 2. The first-order chi connectivity index (χ1) is 9.60. The number of amides is 2.